The summed E-state index contributed by atoms with van der Waals surface area (Å²) in [5, 5.41) is 10.2. The average Bonchev–Trinajstić information content (AvgIpc) is 3.09. The molecular weight excluding hydrogens is 318 g/mol. The van der Waals surface area contributed by atoms with E-state index in [9.17, 15) is 9.90 Å². The van der Waals surface area contributed by atoms with Gasteiger partial charge in [-0.25, -0.2) is 0 Å². The molecule has 5 nitrogen and oxygen atoms in total. The lowest BCUT2D eigenvalue weighted by molar-refractivity contribution is 0.0693. The fraction of sp³-hybridized carbons (Fsp3) is 0.450. The lowest BCUT2D eigenvalue weighted by atomic mass is 9.75. The molecule has 2 atom stereocenters. The van der Waals surface area contributed by atoms with E-state index >= 15 is 0 Å². The lowest BCUT2D eigenvalue weighted by Gasteiger charge is -2.30. The molecule has 0 bridgehead atoms. The molecule has 1 fully saturated rings. The Hall–Kier alpha value is -2.27. The Morgan fingerprint density at radius 2 is 2.16 bits per heavy atom. The summed E-state index contributed by atoms with van der Waals surface area (Å²) in [5.41, 5.74) is 1.36. The lowest BCUT2D eigenvalue weighted by Crippen LogP contribution is -2.38. The molecule has 0 unspecified atom stereocenters. The Kier molecular flexibility index (Phi) is 3.84. The van der Waals surface area contributed by atoms with E-state index in [2.05, 4.69) is 0 Å². The largest absolute Gasteiger partial charge is 0.493 e. The zero-order valence-corrected chi connectivity index (χ0v) is 14.6. The second-order valence-electron chi connectivity index (χ2n) is 7.33. The van der Waals surface area contributed by atoms with E-state index in [1.807, 2.05) is 43.0 Å². The molecule has 0 spiro atoms. The van der Waals surface area contributed by atoms with Gasteiger partial charge in [-0.05, 0) is 38.0 Å². The van der Waals surface area contributed by atoms with Crippen molar-refractivity contribution in [2.75, 3.05) is 26.3 Å². The molecular formula is C20H23NO4. The van der Waals surface area contributed by atoms with Gasteiger partial charge in [-0.3, -0.25) is 4.79 Å². The maximum absolute atomic E-state index is 13.0. The number of para-hydroxylation sites is 1. The van der Waals surface area contributed by atoms with Crippen LogP contribution in [0.15, 0.2) is 34.7 Å². The van der Waals surface area contributed by atoms with Crippen molar-refractivity contribution in [2.24, 2.45) is 11.3 Å². The molecule has 5 heteroatoms. The second kappa shape index (κ2) is 5.92. The molecule has 2 aromatic rings. The van der Waals surface area contributed by atoms with Gasteiger partial charge in [0.25, 0.3) is 5.91 Å². The highest BCUT2D eigenvalue weighted by molar-refractivity contribution is 5.95. The number of ether oxygens (including phenoxy) is 1. The number of benzene rings is 1. The number of carbonyl (C=O) groups excluding carboxylic acids is 1. The van der Waals surface area contributed by atoms with Crippen LogP contribution >= 0.6 is 0 Å². The first kappa shape index (κ1) is 16.2. The van der Waals surface area contributed by atoms with Crippen LogP contribution in [0.3, 0.4) is 0 Å². The quantitative estimate of drug-likeness (QED) is 0.912. The van der Waals surface area contributed by atoms with Gasteiger partial charge < -0.3 is 19.2 Å². The highest BCUT2D eigenvalue weighted by atomic mass is 16.5. The summed E-state index contributed by atoms with van der Waals surface area (Å²) in [6.45, 7) is 5.35. The monoisotopic (exact) mass is 341 g/mol. The van der Waals surface area contributed by atoms with Crippen molar-refractivity contribution in [3.8, 4) is 5.75 Å². The first-order chi connectivity index (χ1) is 12.0. The van der Waals surface area contributed by atoms with Crippen LogP contribution in [0, 0.1) is 25.2 Å². The number of nitrogens with zero attached hydrogens (tertiary/aromatic N) is 1. The first-order valence-electron chi connectivity index (χ1n) is 8.70. The Balaban J connectivity index is 1.63. The van der Waals surface area contributed by atoms with Crippen LogP contribution in [0.4, 0.5) is 0 Å². The van der Waals surface area contributed by atoms with E-state index in [4.69, 9.17) is 9.15 Å². The number of rotatable bonds is 2. The summed E-state index contributed by atoms with van der Waals surface area (Å²) in [6, 6.07) is 9.77. The third-order valence-electron chi connectivity index (χ3n) is 5.64. The summed E-state index contributed by atoms with van der Waals surface area (Å²) < 4.78 is 11.5. The van der Waals surface area contributed by atoms with Crippen LogP contribution in [-0.2, 0) is 6.42 Å². The van der Waals surface area contributed by atoms with Gasteiger partial charge in [-0.2, -0.15) is 0 Å². The Labute approximate surface area is 147 Å². The van der Waals surface area contributed by atoms with E-state index in [-0.39, 0.29) is 23.8 Å². The summed E-state index contributed by atoms with van der Waals surface area (Å²) in [6.07, 6.45) is 0.720. The molecule has 1 amide bonds. The van der Waals surface area contributed by atoms with E-state index in [0.717, 1.165) is 23.5 Å². The Bertz CT molecular complexity index is 812. The SMILES string of the molecule is Cc1cc(C(=O)N2C[C@H]3COc4ccccc4C[C@@]3(CO)C2)c(C)o1. The molecule has 2 aliphatic rings. The minimum Gasteiger partial charge on any atom is -0.493 e. The van der Waals surface area contributed by atoms with Crippen LogP contribution in [0.2, 0.25) is 0 Å². The number of aryl methyl sites for hydroxylation is 2. The predicted octanol–water partition coefficient (Wildman–Crippen LogP) is 2.58. The van der Waals surface area contributed by atoms with Crippen molar-refractivity contribution >= 4 is 5.91 Å². The van der Waals surface area contributed by atoms with Gasteiger partial charge in [0.05, 0.1) is 18.8 Å². The van der Waals surface area contributed by atoms with Crippen molar-refractivity contribution in [3.63, 3.8) is 0 Å². The number of fused-ring (bicyclic) bond motifs is 2. The highest BCUT2D eigenvalue weighted by Crippen LogP contribution is 2.43. The topological polar surface area (TPSA) is 62.9 Å². The van der Waals surface area contributed by atoms with Crippen molar-refractivity contribution in [3.05, 3.63) is 53.0 Å². The van der Waals surface area contributed by atoms with Crippen LogP contribution in [0.25, 0.3) is 0 Å². The molecule has 0 aliphatic carbocycles. The van der Waals surface area contributed by atoms with Gasteiger partial charge in [0.2, 0.25) is 0 Å². The van der Waals surface area contributed by atoms with Crippen LogP contribution in [0.5, 0.6) is 5.75 Å². The van der Waals surface area contributed by atoms with E-state index in [1.165, 1.54) is 0 Å². The molecule has 1 aromatic heterocycles. The number of likely N-dealkylation sites (tertiary alicyclic amines) is 1. The van der Waals surface area contributed by atoms with Gasteiger partial charge in [0, 0.05) is 24.4 Å². The minimum atomic E-state index is -0.352. The van der Waals surface area contributed by atoms with Crippen molar-refractivity contribution in [1.82, 2.24) is 4.90 Å². The summed E-state index contributed by atoms with van der Waals surface area (Å²) in [7, 11) is 0. The van der Waals surface area contributed by atoms with E-state index in [1.54, 1.807) is 6.07 Å². The average molecular weight is 341 g/mol. The van der Waals surface area contributed by atoms with Crippen molar-refractivity contribution in [2.45, 2.75) is 20.3 Å². The minimum absolute atomic E-state index is 0.0245. The zero-order valence-electron chi connectivity index (χ0n) is 14.6. The predicted molar refractivity (Wildman–Crippen MR) is 92.7 cm³/mol. The Morgan fingerprint density at radius 3 is 2.88 bits per heavy atom. The molecule has 132 valence electrons. The molecule has 0 radical (unpaired) electrons. The maximum atomic E-state index is 13.0. The second-order valence-corrected chi connectivity index (χ2v) is 7.33. The Morgan fingerprint density at radius 1 is 1.36 bits per heavy atom. The summed E-state index contributed by atoms with van der Waals surface area (Å²) in [5.74, 6) is 2.37. The van der Waals surface area contributed by atoms with Crippen molar-refractivity contribution in [1.29, 1.82) is 0 Å². The molecule has 3 heterocycles. The molecule has 4 rings (SSSR count). The fourth-order valence-corrected chi connectivity index (χ4v) is 4.23. The first-order valence-corrected chi connectivity index (χ1v) is 8.70. The smallest absolute Gasteiger partial charge is 0.257 e. The molecule has 1 N–H and O–H groups in total. The number of aliphatic hydroxyl groups excluding tert-OH is 1. The maximum Gasteiger partial charge on any atom is 0.257 e. The number of furan rings is 1. The standard InChI is InChI=1S/C20H23NO4/c1-13-7-17(14(2)25-13)19(23)21-9-16-10-24-18-6-4-3-5-15(18)8-20(16,11-21)12-22/h3-7,16,22H,8-12H2,1-2H3/t16-,20-/m0/s1. The summed E-state index contributed by atoms with van der Waals surface area (Å²) >= 11 is 0. The van der Waals surface area contributed by atoms with Gasteiger partial charge >= 0.3 is 0 Å². The highest BCUT2D eigenvalue weighted by Gasteiger charge is 2.49. The van der Waals surface area contributed by atoms with E-state index < -0.39 is 0 Å². The van der Waals surface area contributed by atoms with Gasteiger partial charge in [0.15, 0.2) is 0 Å². The number of amides is 1. The van der Waals surface area contributed by atoms with Crippen LogP contribution < -0.4 is 4.74 Å². The molecule has 1 aromatic carbocycles. The molecule has 0 saturated carbocycles. The summed E-state index contributed by atoms with van der Waals surface area (Å²) in [4.78, 5) is 14.8. The third kappa shape index (κ3) is 2.63. The zero-order chi connectivity index (χ0) is 17.6. The van der Waals surface area contributed by atoms with Crippen LogP contribution in [0.1, 0.15) is 27.4 Å². The molecule has 25 heavy (non-hydrogen) atoms. The number of hydrogen-bond donors (Lipinski definition) is 1. The normalized spacial score (nSPS) is 25.1. The van der Waals surface area contributed by atoms with Gasteiger partial charge in [0.1, 0.15) is 17.3 Å². The number of carbonyl (C=O) groups is 1. The van der Waals surface area contributed by atoms with Crippen LogP contribution in [-0.4, -0.2) is 42.2 Å². The number of hydrogen-bond acceptors (Lipinski definition) is 4. The number of aliphatic hydroxyl groups is 1. The van der Waals surface area contributed by atoms with Crippen molar-refractivity contribution < 1.29 is 19.1 Å². The fourth-order valence-electron chi connectivity index (χ4n) is 4.23. The molecule has 2 aliphatic heterocycles. The van der Waals surface area contributed by atoms with E-state index in [0.29, 0.717) is 31.0 Å². The van der Waals surface area contributed by atoms with Gasteiger partial charge in [-0.1, -0.05) is 18.2 Å². The third-order valence-corrected chi connectivity index (χ3v) is 5.64. The molecule has 1 saturated heterocycles. The van der Waals surface area contributed by atoms with Gasteiger partial charge in [-0.15, -0.1) is 0 Å².